The topological polar surface area (TPSA) is 65.4 Å². The summed E-state index contributed by atoms with van der Waals surface area (Å²) >= 11 is 0. The van der Waals surface area contributed by atoms with Gasteiger partial charge in [-0.3, -0.25) is 4.79 Å². The number of aromatic nitrogens is 2. The van der Waals surface area contributed by atoms with Crippen molar-refractivity contribution in [2.45, 2.75) is 12.7 Å². The molecule has 0 saturated heterocycles. The zero-order valence-corrected chi connectivity index (χ0v) is 15.3. The molecule has 0 radical (unpaired) electrons. The summed E-state index contributed by atoms with van der Waals surface area (Å²) in [7, 11) is 3.39. The lowest BCUT2D eigenvalue weighted by molar-refractivity contribution is -0.0498. The number of amides is 1. The van der Waals surface area contributed by atoms with Gasteiger partial charge in [0.05, 0.1) is 7.11 Å². The summed E-state index contributed by atoms with van der Waals surface area (Å²) in [6.45, 7) is -2.96. The molecule has 3 aromatic rings. The Balaban J connectivity index is 1.89. The first-order valence-corrected chi connectivity index (χ1v) is 8.45. The zero-order valence-electron chi connectivity index (χ0n) is 15.3. The third-order valence-corrected chi connectivity index (χ3v) is 4.16. The molecule has 0 aliphatic carbocycles. The van der Waals surface area contributed by atoms with E-state index in [1.807, 2.05) is 19.2 Å². The largest absolute Gasteiger partial charge is 0.497 e. The lowest BCUT2D eigenvalue weighted by Crippen LogP contribution is -2.31. The van der Waals surface area contributed by atoms with E-state index in [2.05, 4.69) is 15.0 Å². The summed E-state index contributed by atoms with van der Waals surface area (Å²) in [4.78, 5) is 17.1. The van der Waals surface area contributed by atoms with E-state index in [1.54, 1.807) is 36.2 Å². The van der Waals surface area contributed by atoms with E-state index < -0.39 is 18.6 Å². The minimum atomic E-state index is -2.96. The Morgan fingerprint density at radius 3 is 2.50 bits per heavy atom. The molecule has 0 aliphatic rings. The molecule has 1 unspecified atom stereocenters. The molecule has 28 heavy (non-hydrogen) atoms. The highest BCUT2D eigenvalue weighted by Crippen LogP contribution is 2.24. The van der Waals surface area contributed by atoms with E-state index in [9.17, 15) is 13.6 Å². The fourth-order valence-electron chi connectivity index (χ4n) is 2.78. The number of alkyl halides is 2. The molecular formula is C20H19F2N3O3. The van der Waals surface area contributed by atoms with Crippen molar-refractivity contribution in [2.75, 3.05) is 7.11 Å². The van der Waals surface area contributed by atoms with Crippen molar-refractivity contribution < 1.29 is 23.0 Å². The van der Waals surface area contributed by atoms with Crippen LogP contribution < -0.4 is 14.8 Å². The van der Waals surface area contributed by atoms with Crippen LogP contribution in [0.1, 0.15) is 27.8 Å². The summed E-state index contributed by atoms with van der Waals surface area (Å²) < 4.78 is 36.2. The van der Waals surface area contributed by atoms with Crippen LogP contribution in [-0.4, -0.2) is 29.2 Å². The summed E-state index contributed by atoms with van der Waals surface area (Å²) in [6, 6.07) is 12.3. The number of carbonyl (C=O) groups excluding carboxylic acids is 1. The van der Waals surface area contributed by atoms with Gasteiger partial charge >= 0.3 is 6.61 Å². The molecule has 8 heteroatoms. The van der Waals surface area contributed by atoms with Gasteiger partial charge in [-0.05, 0) is 35.9 Å². The average Bonchev–Trinajstić information content (AvgIpc) is 3.11. The van der Waals surface area contributed by atoms with Gasteiger partial charge < -0.3 is 19.4 Å². The Labute approximate surface area is 160 Å². The van der Waals surface area contributed by atoms with Gasteiger partial charge in [0.1, 0.15) is 23.4 Å². The number of aryl methyl sites for hydroxylation is 1. The Morgan fingerprint density at radius 1 is 1.14 bits per heavy atom. The quantitative estimate of drug-likeness (QED) is 0.673. The Morgan fingerprint density at radius 2 is 1.89 bits per heavy atom. The maximum Gasteiger partial charge on any atom is 0.387 e. The van der Waals surface area contributed by atoms with Crippen molar-refractivity contribution in [3.8, 4) is 11.5 Å². The number of benzene rings is 2. The summed E-state index contributed by atoms with van der Waals surface area (Å²) in [5, 5.41) is 2.90. The fraction of sp³-hybridized carbons (Fsp3) is 0.200. The Bertz CT molecular complexity index is 942. The predicted octanol–water partition coefficient (Wildman–Crippen LogP) is 3.55. The van der Waals surface area contributed by atoms with Crippen LogP contribution in [0.25, 0.3) is 0 Å². The molecule has 0 saturated carbocycles. The van der Waals surface area contributed by atoms with Crippen molar-refractivity contribution in [3.05, 3.63) is 77.9 Å². The van der Waals surface area contributed by atoms with Crippen molar-refractivity contribution in [1.29, 1.82) is 0 Å². The second-order valence-corrected chi connectivity index (χ2v) is 5.98. The van der Waals surface area contributed by atoms with E-state index >= 15 is 0 Å². The van der Waals surface area contributed by atoms with Gasteiger partial charge in [0.2, 0.25) is 0 Å². The van der Waals surface area contributed by atoms with Crippen molar-refractivity contribution >= 4 is 5.91 Å². The van der Waals surface area contributed by atoms with Crippen LogP contribution in [0, 0.1) is 0 Å². The maximum atomic E-state index is 12.8. The van der Waals surface area contributed by atoms with Crippen LogP contribution in [-0.2, 0) is 7.05 Å². The summed E-state index contributed by atoms with van der Waals surface area (Å²) in [5.74, 6) is 0.785. The lowest BCUT2D eigenvalue weighted by Gasteiger charge is -2.20. The minimum Gasteiger partial charge on any atom is -0.497 e. The number of imidazole rings is 1. The second-order valence-electron chi connectivity index (χ2n) is 5.98. The van der Waals surface area contributed by atoms with Gasteiger partial charge in [0.25, 0.3) is 5.91 Å². The molecule has 1 atom stereocenters. The van der Waals surface area contributed by atoms with Crippen molar-refractivity contribution in [1.82, 2.24) is 14.9 Å². The third kappa shape index (κ3) is 4.46. The first kappa shape index (κ1) is 19.3. The summed E-state index contributed by atoms with van der Waals surface area (Å²) in [5.41, 5.74) is 0.995. The van der Waals surface area contributed by atoms with Crippen LogP contribution >= 0.6 is 0 Å². The number of methoxy groups -OCH3 is 1. The molecule has 0 spiro atoms. The van der Waals surface area contributed by atoms with Crippen LogP contribution in [0.4, 0.5) is 8.78 Å². The third-order valence-electron chi connectivity index (χ3n) is 4.16. The number of ether oxygens (including phenoxy) is 2. The molecule has 1 heterocycles. The Hall–Kier alpha value is -3.42. The highest BCUT2D eigenvalue weighted by molar-refractivity contribution is 5.95. The predicted molar refractivity (Wildman–Crippen MR) is 98.6 cm³/mol. The van der Waals surface area contributed by atoms with E-state index in [-0.39, 0.29) is 11.3 Å². The molecule has 1 amide bonds. The molecule has 0 fully saturated rings. The summed E-state index contributed by atoms with van der Waals surface area (Å²) in [6.07, 6.45) is 3.41. The minimum absolute atomic E-state index is 0.0827. The first-order chi connectivity index (χ1) is 13.5. The van der Waals surface area contributed by atoms with Crippen molar-refractivity contribution in [2.24, 2.45) is 7.05 Å². The molecule has 2 aromatic carbocycles. The number of hydrogen-bond donors (Lipinski definition) is 1. The van der Waals surface area contributed by atoms with Gasteiger partial charge in [0.15, 0.2) is 0 Å². The van der Waals surface area contributed by atoms with E-state index in [0.29, 0.717) is 11.6 Å². The number of nitrogens with zero attached hydrogens (tertiary/aromatic N) is 2. The fourth-order valence-corrected chi connectivity index (χ4v) is 2.78. The van der Waals surface area contributed by atoms with E-state index in [0.717, 1.165) is 5.56 Å². The molecule has 3 rings (SSSR count). The van der Waals surface area contributed by atoms with Crippen molar-refractivity contribution in [3.63, 3.8) is 0 Å². The van der Waals surface area contributed by atoms with E-state index in [4.69, 9.17) is 4.74 Å². The van der Waals surface area contributed by atoms with E-state index in [1.165, 1.54) is 24.3 Å². The first-order valence-electron chi connectivity index (χ1n) is 8.45. The lowest BCUT2D eigenvalue weighted by atomic mass is 10.0. The van der Waals surface area contributed by atoms with Gasteiger partial charge in [-0.2, -0.15) is 8.78 Å². The number of carbonyl (C=O) groups is 1. The Kier molecular flexibility index (Phi) is 5.88. The molecule has 0 bridgehead atoms. The van der Waals surface area contributed by atoms with Crippen LogP contribution in [0.5, 0.6) is 11.5 Å². The molecule has 0 aliphatic heterocycles. The smallest absolute Gasteiger partial charge is 0.387 e. The van der Waals surface area contributed by atoms with Gasteiger partial charge in [-0.1, -0.05) is 18.2 Å². The molecular weight excluding hydrogens is 368 g/mol. The molecule has 146 valence electrons. The molecule has 1 N–H and O–H groups in total. The number of hydrogen-bond acceptors (Lipinski definition) is 4. The van der Waals surface area contributed by atoms with Crippen LogP contribution in [0.15, 0.2) is 60.9 Å². The van der Waals surface area contributed by atoms with Gasteiger partial charge in [-0.15, -0.1) is 0 Å². The number of halogens is 2. The van der Waals surface area contributed by atoms with Crippen LogP contribution in [0.3, 0.4) is 0 Å². The normalized spacial score (nSPS) is 11.9. The van der Waals surface area contributed by atoms with Gasteiger partial charge in [0, 0.05) is 25.0 Å². The highest BCUT2D eigenvalue weighted by Gasteiger charge is 2.22. The monoisotopic (exact) mass is 387 g/mol. The average molecular weight is 387 g/mol. The number of rotatable bonds is 7. The second kappa shape index (κ2) is 8.51. The van der Waals surface area contributed by atoms with Gasteiger partial charge in [-0.25, -0.2) is 4.98 Å². The standard InChI is InChI=1S/C20H19F2N3O3/c1-25-11-10-23-18(25)17(13-6-8-15(27-2)9-7-13)24-19(26)14-4-3-5-16(12-14)28-20(21)22/h3-12,17,20H,1-2H3,(H,24,26). The molecule has 6 nitrogen and oxygen atoms in total. The number of nitrogens with one attached hydrogen (secondary N) is 1. The SMILES string of the molecule is COc1ccc(C(NC(=O)c2cccc(OC(F)F)c2)c2nccn2C)cc1. The highest BCUT2D eigenvalue weighted by atomic mass is 19.3. The maximum absolute atomic E-state index is 12.8. The molecule has 1 aromatic heterocycles. The van der Waals surface area contributed by atoms with Crippen LogP contribution in [0.2, 0.25) is 0 Å². The zero-order chi connectivity index (χ0) is 20.1.